The number of benzene rings is 2. The van der Waals surface area contributed by atoms with E-state index in [-0.39, 0.29) is 24.5 Å². The van der Waals surface area contributed by atoms with Crippen molar-refractivity contribution in [3.05, 3.63) is 87.4 Å². The molecule has 1 atom stereocenters. The van der Waals surface area contributed by atoms with Crippen LogP contribution in [0.2, 0.25) is 0 Å². The van der Waals surface area contributed by atoms with E-state index in [1.807, 2.05) is 86.1 Å². The summed E-state index contributed by atoms with van der Waals surface area (Å²) >= 11 is 1.61. The van der Waals surface area contributed by atoms with E-state index in [4.69, 9.17) is 4.98 Å². The standard InChI is InChI=1S/C25H25N3O2S/c1-16-15-19(17(2)31-16)22(29)13-14-23(30)27-24(18-9-5-4-6-10-18)25-26-20-11-7-8-12-21(20)28(25)3/h4-12,15,24H,13-14H2,1-3H3,(H,27,30). The number of carbonyl (C=O) groups is 2. The Hall–Kier alpha value is -3.25. The molecule has 2 heterocycles. The van der Waals surface area contributed by atoms with Crippen LogP contribution in [0.15, 0.2) is 60.7 Å². The number of nitrogens with one attached hydrogen (secondary N) is 1. The molecular weight excluding hydrogens is 406 g/mol. The lowest BCUT2D eigenvalue weighted by Gasteiger charge is -2.19. The fraction of sp³-hybridized carbons (Fsp3) is 0.240. The molecule has 4 rings (SSSR count). The number of carbonyl (C=O) groups excluding carboxylic acids is 2. The van der Waals surface area contributed by atoms with E-state index in [1.54, 1.807) is 11.3 Å². The molecule has 6 heteroatoms. The lowest BCUT2D eigenvalue weighted by Crippen LogP contribution is -2.31. The number of Topliss-reactive ketones (excluding diaryl/α,β-unsaturated/α-hetero) is 1. The number of hydrogen-bond donors (Lipinski definition) is 1. The summed E-state index contributed by atoms with van der Waals surface area (Å²) in [6.45, 7) is 3.94. The van der Waals surface area contributed by atoms with Crippen LogP contribution in [-0.4, -0.2) is 21.2 Å². The van der Waals surface area contributed by atoms with Crippen molar-refractivity contribution >= 4 is 34.1 Å². The van der Waals surface area contributed by atoms with E-state index < -0.39 is 6.04 Å². The van der Waals surface area contributed by atoms with Gasteiger partial charge in [-0.15, -0.1) is 11.3 Å². The summed E-state index contributed by atoms with van der Waals surface area (Å²) in [6.07, 6.45) is 0.327. The minimum absolute atomic E-state index is 0.0102. The molecule has 0 saturated heterocycles. The fourth-order valence-electron chi connectivity index (χ4n) is 3.87. The van der Waals surface area contributed by atoms with Gasteiger partial charge in [-0.25, -0.2) is 4.98 Å². The van der Waals surface area contributed by atoms with Gasteiger partial charge in [-0.3, -0.25) is 9.59 Å². The summed E-state index contributed by atoms with van der Waals surface area (Å²) in [6, 6.07) is 19.2. The number of amides is 1. The Morgan fingerprint density at radius 2 is 1.74 bits per heavy atom. The highest BCUT2D eigenvalue weighted by Gasteiger charge is 2.23. The number of hydrogen-bond acceptors (Lipinski definition) is 4. The number of rotatable bonds is 7. The van der Waals surface area contributed by atoms with Crippen LogP contribution in [0.25, 0.3) is 11.0 Å². The molecule has 31 heavy (non-hydrogen) atoms. The second-order valence-electron chi connectivity index (χ2n) is 7.68. The molecule has 2 aromatic carbocycles. The minimum Gasteiger partial charge on any atom is -0.342 e. The number of nitrogens with zero attached hydrogens (tertiary/aromatic N) is 2. The predicted molar refractivity (Wildman–Crippen MR) is 124 cm³/mol. The first-order valence-corrected chi connectivity index (χ1v) is 11.1. The monoisotopic (exact) mass is 431 g/mol. The van der Waals surface area contributed by atoms with Crippen LogP contribution in [-0.2, 0) is 11.8 Å². The molecule has 1 amide bonds. The first-order valence-electron chi connectivity index (χ1n) is 10.3. The maximum atomic E-state index is 12.9. The van der Waals surface area contributed by atoms with Gasteiger partial charge in [-0.2, -0.15) is 0 Å². The molecule has 0 spiro atoms. The third-order valence-corrected chi connectivity index (χ3v) is 6.40. The third kappa shape index (κ3) is 4.44. The maximum absolute atomic E-state index is 12.9. The summed E-state index contributed by atoms with van der Waals surface area (Å²) in [4.78, 5) is 32.3. The molecule has 0 bridgehead atoms. The molecule has 4 aromatic rings. The van der Waals surface area contributed by atoms with Crippen molar-refractivity contribution < 1.29 is 9.59 Å². The van der Waals surface area contributed by atoms with Crippen LogP contribution in [0.1, 0.15) is 50.4 Å². The molecule has 2 aromatic heterocycles. The average Bonchev–Trinajstić information content (AvgIpc) is 3.29. The Morgan fingerprint density at radius 1 is 1.03 bits per heavy atom. The lowest BCUT2D eigenvalue weighted by molar-refractivity contribution is -0.121. The Bertz CT molecular complexity index is 1240. The summed E-state index contributed by atoms with van der Waals surface area (Å²) in [5.41, 5.74) is 3.56. The first kappa shape index (κ1) is 21.0. The molecule has 1 N–H and O–H groups in total. The number of fused-ring (bicyclic) bond motifs is 1. The number of aromatic nitrogens is 2. The van der Waals surface area contributed by atoms with Crippen molar-refractivity contribution in [3.8, 4) is 0 Å². The third-order valence-electron chi connectivity index (χ3n) is 5.44. The van der Waals surface area contributed by atoms with Gasteiger partial charge in [-0.1, -0.05) is 42.5 Å². The van der Waals surface area contributed by atoms with Gasteiger partial charge in [0.15, 0.2) is 5.78 Å². The first-order chi connectivity index (χ1) is 14.9. The van der Waals surface area contributed by atoms with Gasteiger partial charge in [0.1, 0.15) is 11.9 Å². The van der Waals surface area contributed by atoms with Gasteiger partial charge in [0, 0.05) is 35.2 Å². The highest BCUT2D eigenvalue weighted by Crippen LogP contribution is 2.26. The van der Waals surface area contributed by atoms with Crippen molar-refractivity contribution in [3.63, 3.8) is 0 Å². The molecule has 0 fully saturated rings. The molecule has 5 nitrogen and oxygen atoms in total. The molecule has 0 radical (unpaired) electrons. The van der Waals surface area contributed by atoms with Gasteiger partial charge in [0.05, 0.1) is 11.0 Å². The predicted octanol–water partition coefficient (Wildman–Crippen LogP) is 5.12. The van der Waals surface area contributed by atoms with E-state index in [1.165, 1.54) is 0 Å². The van der Waals surface area contributed by atoms with Crippen molar-refractivity contribution in [2.75, 3.05) is 0 Å². The second kappa shape index (κ2) is 8.86. The minimum atomic E-state index is -0.397. The van der Waals surface area contributed by atoms with Crippen molar-refractivity contribution in [1.82, 2.24) is 14.9 Å². The van der Waals surface area contributed by atoms with Gasteiger partial charge < -0.3 is 9.88 Å². The summed E-state index contributed by atoms with van der Waals surface area (Å²) in [7, 11) is 1.96. The van der Waals surface area contributed by atoms with Gasteiger partial charge in [0.2, 0.25) is 5.91 Å². The van der Waals surface area contributed by atoms with Gasteiger partial charge in [0.25, 0.3) is 0 Å². The molecule has 0 aliphatic heterocycles. The zero-order valence-electron chi connectivity index (χ0n) is 17.9. The summed E-state index contributed by atoms with van der Waals surface area (Å²) in [5.74, 6) is 0.603. The van der Waals surface area contributed by atoms with Crippen LogP contribution in [0.5, 0.6) is 0 Å². The zero-order valence-corrected chi connectivity index (χ0v) is 18.7. The Labute approximate surface area is 185 Å². The number of para-hydroxylation sites is 2. The SMILES string of the molecule is Cc1cc(C(=O)CCC(=O)NC(c2ccccc2)c2nc3ccccc3n2C)c(C)s1. The number of imidazole rings is 1. The van der Waals surface area contributed by atoms with Crippen LogP contribution in [0, 0.1) is 13.8 Å². The quantitative estimate of drug-likeness (QED) is 0.413. The lowest BCUT2D eigenvalue weighted by atomic mass is 10.0. The van der Waals surface area contributed by atoms with Crippen LogP contribution in [0.3, 0.4) is 0 Å². The van der Waals surface area contributed by atoms with E-state index in [2.05, 4.69) is 5.32 Å². The Kier molecular flexibility index (Phi) is 6.00. The van der Waals surface area contributed by atoms with Gasteiger partial charge >= 0.3 is 0 Å². The van der Waals surface area contributed by atoms with Crippen LogP contribution in [0.4, 0.5) is 0 Å². The average molecular weight is 432 g/mol. The maximum Gasteiger partial charge on any atom is 0.221 e. The Balaban J connectivity index is 1.55. The van der Waals surface area contributed by atoms with Crippen LogP contribution >= 0.6 is 11.3 Å². The van der Waals surface area contributed by atoms with Crippen molar-refractivity contribution in [2.45, 2.75) is 32.7 Å². The molecule has 158 valence electrons. The largest absolute Gasteiger partial charge is 0.342 e. The highest BCUT2D eigenvalue weighted by molar-refractivity contribution is 7.12. The fourth-order valence-corrected chi connectivity index (χ4v) is 4.81. The van der Waals surface area contributed by atoms with Gasteiger partial charge in [-0.05, 0) is 37.6 Å². The zero-order chi connectivity index (χ0) is 22.0. The topological polar surface area (TPSA) is 64.0 Å². The van der Waals surface area contributed by atoms with E-state index >= 15 is 0 Å². The highest BCUT2D eigenvalue weighted by atomic mass is 32.1. The number of ketones is 1. The van der Waals surface area contributed by atoms with E-state index in [9.17, 15) is 9.59 Å². The molecule has 0 aliphatic carbocycles. The summed E-state index contributed by atoms with van der Waals surface area (Å²) < 4.78 is 2.01. The number of thiophene rings is 1. The molecular formula is C25H25N3O2S. The Morgan fingerprint density at radius 3 is 2.42 bits per heavy atom. The number of aryl methyl sites for hydroxylation is 3. The molecule has 1 unspecified atom stereocenters. The molecule has 0 saturated carbocycles. The van der Waals surface area contributed by atoms with Crippen LogP contribution < -0.4 is 5.32 Å². The van der Waals surface area contributed by atoms with Crippen molar-refractivity contribution in [2.24, 2.45) is 7.05 Å². The summed E-state index contributed by atoms with van der Waals surface area (Å²) in [5, 5.41) is 3.11. The smallest absolute Gasteiger partial charge is 0.221 e. The van der Waals surface area contributed by atoms with E-state index in [0.29, 0.717) is 0 Å². The second-order valence-corrected chi connectivity index (χ2v) is 9.14. The van der Waals surface area contributed by atoms with E-state index in [0.717, 1.165) is 37.7 Å². The normalized spacial score (nSPS) is 12.1. The van der Waals surface area contributed by atoms with Crippen molar-refractivity contribution in [1.29, 1.82) is 0 Å². The molecule has 0 aliphatic rings.